The second kappa shape index (κ2) is 46.5. The van der Waals surface area contributed by atoms with Crippen LogP contribution in [0.3, 0.4) is 0 Å². The molecule has 0 heterocycles. The first-order valence-corrected chi connectivity index (χ1v) is 25.6. The van der Waals surface area contributed by atoms with Crippen LogP contribution in [-0.4, -0.2) is 49.9 Å². The number of nitrogens with two attached hydrogens (primary N) is 1. The Morgan fingerprint density at radius 2 is 0.914 bits per heavy atom. The van der Waals surface area contributed by atoms with Crippen LogP contribution in [0, 0.1) is 0 Å². The highest BCUT2D eigenvalue weighted by Gasteiger charge is 2.25. The number of allylic oxidation sites excluding steroid dienone is 8. The van der Waals surface area contributed by atoms with Crippen LogP contribution in [0.5, 0.6) is 0 Å². The molecule has 3 N–H and O–H groups in total. The molecule has 2 atom stereocenters. The van der Waals surface area contributed by atoms with Gasteiger partial charge >= 0.3 is 13.8 Å². The molecule has 9 heteroatoms. The van der Waals surface area contributed by atoms with Crippen molar-refractivity contribution in [3.63, 3.8) is 0 Å². The van der Waals surface area contributed by atoms with Crippen LogP contribution < -0.4 is 5.73 Å². The van der Waals surface area contributed by atoms with Crippen molar-refractivity contribution in [1.29, 1.82) is 0 Å². The Hall–Kier alpha value is -1.54. The van der Waals surface area contributed by atoms with Gasteiger partial charge in [-0.3, -0.25) is 13.8 Å². The van der Waals surface area contributed by atoms with E-state index in [9.17, 15) is 14.3 Å². The van der Waals surface area contributed by atoms with Crippen molar-refractivity contribution in [1.82, 2.24) is 0 Å². The number of phosphoric ester groups is 1. The molecule has 0 aliphatic rings. The third-order valence-corrected chi connectivity index (χ3v) is 11.2. The molecule has 0 radical (unpaired) electrons. The third-order valence-electron chi connectivity index (χ3n) is 10.2. The van der Waals surface area contributed by atoms with E-state index < -0.39 is 13.9 Å². The zero-order valence-electron chi connectivity index (χ0n) is 37.8. The topological polar surface area (TPSA) is 117 Å². The maximum atomic E-state index is 12.6. The summed E-state index contributed by atoms with van der Waals surface area (Å²) in [7, 11) is -4.28. The highest BCUT2D eigenvalue weighted by atomic mass is 31.2. The standard InChI is InChI=1S/C49H92NO7P/c1-3-5-7-9-11-13-15-17-19-21-22-23-24-25-27-29-31-33-35-37-39-41-44-54-46-48(47-56-58(52,53)55-45-43-50)57-49(51)42-40-38-36-34-32-30-28-26-20-18-16-14-12-10-8-6-4-2/h15,17-18,20-22,24-25,48H,3-14,16,19,23,26-47,50H2,1-2H3,(H,52,53)/b17-15-,20-18-,22-21-,25-24-. The van der Waals surface area contributed by atoms with E-state index in [1.807, 2.05) is 0 Å². The van der Waals surface area contributed by atoms with Crippen molar-refractivity contribution >= 4 is 13.8 Å². The molecule has 0 spiro atoms. The molecule has 0 saturated heterocycles. The molecule has 0 bridgehead atoms. The molecular formula is C49H92NO7P. The minimum Gasteiger partial charge on any atom is -0.457 e. The van der Waals surface area contributed by atoms with Gasteiger partial charge in [0.15, 0.2) is 0 Å². The second-order valence-electron chi connectivity index (χ2n) is 16.0. The first kappa shape index (κ1) is 56.5. The van der Waals surface area contributed by atoms with Gasteiger partial charge in [0.25, 0.3) is 0 Å². The number of rotatable bonds is 46. The Labute approximate surface area is 358 Å². The van der Waals surface area contributed by atoms with Crippen molar-refractivity contribution in [2.75, 3.05) is 33.0 Å². The fourth-order valence-electron chi connectivity index (χ4n) is 6.65. The first-order chi connectivity index (χ1) is 28.4. The second-order valence-corrected chi connectivity index (χ2v) is 17.4. The lowest BCUT2D eigenvalue weighted by atomic mass is 10.1. The molecule has 340 valence electrons. The lowest BCUT2D eigenvalue weighted by Crippen LogP contribution is -2.28. The Kier molecular flexibility index (Phi) is 45.3. The van der Waals surface area contributed by atoms with E-state index in [2.05, 4.69) is 62.5 Å². The van der Waals surface area contributed by atoms with Gasteiger partial charge in [0.05, 0.1) is 19.8 Å². The van der Waals surface area contributed by atoms with Gasteiger partial charge in [0.2, 0.25) is 0 Å². The van der Waals surface area contributed by atoms with E-state index >= 15 is 0 Å². The summed E-state index contributed by atoms with van der Waals surface area (Å²) in [5, 5.41) is 0. The largest absolute Gasteiger partial charge is 0.472 e. The third kappa shape index (κ3) is 45.5. The number of carbonyl (C=O) groups is 1. The number of esters is 1. The van der Waals surface area contributed by atoms with E-state index in [0.29, 0.717) is 13.0 Å². The number of carbonyl (C=O) groups excluding carboxylic acids is 1. The van der Waals surface area contributed by atoms with Crippen LogP contribution >= 0.6 is 7.82 Å². The molecule has 0 saturated carbocycles. The molecule has 0 rings (SSSR count). The van der Waals surface area contributed by atoms with Gasteiger partial charge in [-0.05, 0) is 77.0 Å². The minimum absolute atomic E-state index is 0.0967. The van der Waals surface area contributed by atoms with Gasteiger partial charge in [-0.1, -0.05) is 184 Å². The molecule has 0 aromatic rings. The van der Waals surface area contributed by atoms with Crippen LogP contribution in [-0.2, 0) is 27.9 Å². The van der Waals surface area contributed by atoms with Crippen LogP contribution in [0.15, 0.2) is 48.6 Å². The Morgan fingerprint density at radius 1 is 0.517 bits per heavy atom. The zero-order valence-corrected chi connectivity index (χ0v) is 38.7. The smallest absolute Gasteiger partial charge is 0.457 e. The lowest BCUT2D eigenvalue weighted by molar-refractivity contribution is -0.154. The summed E-state index contributed by atoms with van der Waals surface area (Å²) in [5.74, 6) is -0.338. The van der Waals surface area contributed by atoms with Crippen LogP contribution in [0.25, 0.3) is 0 Å². The maximum Gasteiger partial charge on any atom is 0.472 e. The number of hydrogen-bond donors (Lipinski definition) is 2. The highest BCUT2D eigenvalue weighted by Crippen LogP contribution is 2.43. The molecule has 0 aromatic heterocycles. The lowest BCUT2D eigenvalue weighted by Gasteiger charge is -2.20. The number of hydrogen-bond acceptors (Lipinski definition) is 7. The van der Waals surface area contributed by atoms with Gasteiger partial charge in [0, 0.05) is 19.6 Å². The van der Waals surface area contributed by atoms with Crippen LogP contribution in [0.2, 0.25) is 0 Å². The molecule has 0 aromatic carbocycles. The normalized spacial score (nSPS) is 13.8. The van der Waals surface area contributed by atoms with Crippen LogP contribution in [0.4, 0.5) is 0 Å². The maximum absolute atomic E-state index is 12.6. The summed E-state index contributed by atoms with van der Waals surface area (Å²) in [6.07, 6.45) is 55.6. The van der Waals surface area contributed by atoms with Crippen LogP contribution in [0.1, 0.15) is 219 Å². The summed E-state index contributed by atoms with van der Waals surface area (Å²) in [5.41, 5.74) is 5.38. The average Bonchev–Trinajstić information content (AvgIpc) is 3.21. The van der Waals surface area contributed by atoms with Gasteiger partial charge in [-0.25, -0.2) is 4.57 Å². The SMILES string of the molecule is CCCCCCC/C=C\C/C=C\C/C=C\CCCCCCCCCOCC(COP(=O)(O)OCCN)OC(=O)CCCCCCCCC/C=C\CCCCCCCC. The summed E-state index contributed by atoms with van der Waals surface area (Å²) in [4.78, 5) is 22.5. The molecular weight excluding hydrogens is 746 g/mol. The quantitative estimate of drug-likeness (QED) is 0.0269. The number of ether oxygens (including phenoxy) is 2. The highest BCUT2D eigenvalue weighted by molar-refractivity contribution is 7.47. The average molecular weight is 838 g/mol. The fraction of sp³-hybridized carbons (Fsp3) is 0.816. The Bertz CT molecular complexity index is 1030. The molecule has 8 nitrogen and oxygen atoms in total. The van der Waals surface area contributed by atoms with Gasteiger partial charge < -0.3 is 20.1 Å². The van der Waals surface area contributed by atoms with Crippen molar-refractivity contribution in [2.45, 2.75) is 225 Å². The number of phosphoric acid groups is 1. The molecule has 0 fully saturated rings. The first-order valence-electron chi connectivity index (χ1n) is 24.1. The minimum atomic E-state index is -4.28. The van der Waals surface area contributed by atoms with Crippen molar-refractivity contribution in [3.05, 3.63) is 48.6 Å². The van der Waals surface area contributed by atoms with Gasteiger partial charge in [-0.15, -0.1) is 0 Å². The summed E-state index contributed by atoms with van der Waals surface area (Å²) in [6.45, 7) is 4.89. The molecule has 2 unspecified atom stereocenters. The molecule has 0 aliphatic heterocycles. The van der Waals surface area contributed by atoms with E-state index in [0.717, 1.165) is 51.4 Å². The van der Waals surface area contributed by atoms with Gasteiger partial charge in [-0.2, -0.15) is 0 Å². The molecule has 58 heavy (non-hydrogen) atoms. The Morgan fingerprint density at radius 3 is 1.38 bits per heavy atom. The summed E-state index contributed by atoms with van der Waals surface area (Å²) in [6, 6.07) is 0. The molecule has 0 amide bonds. The monoisotopic (exact) mass is 838 g/mol. The zero-order chi connectivity index (χ0) is 42.3. The predicted molar refractivity (Wildman–Crippen MR) is 247 cm³/mol. The predicted octanol–water partition coefficient (Wildman–Crippen LogP) is 14.8. The summed E-state index contributed by atoms with van der Waals surface area (Å²) < 4.78 is 33.5. The van der Waals surface area contributed by atoms with E-state index in [-0.39, 0.29) is 32.3 Å². The van der Waals surface area contributed by atoms with E-state index in [4.69, 9.17) is 24.3 Å². The van der Waals surface area contributed by atoms with Gasteiger partial charge in [0.1, 0.15) is 6.10 Å². The fourth-order valence-corrected chi connectivity index (χ4v) is 7.41. The Balaban J connectivity index is 4.01. The van der Waals surface area contributed by atoms with Crippen molar-refractivity contribution in [3.8, 4) is 0 Å². The van der Waals surface area contributed by atoms with E-state index in [1.54, 1.807) is 0 Å². The summed E-state index contributed by atoms with van der Waals surface area (Å²) >= 11 is 0. The van der Waals surface area contributed by atoms with Crippen molar-refractivity contribution in [2.24, 2.45) is 5.73 Å². The van der Waals surface area contributed by atoms with Crippen molar-refractivity contribution < 1.29 is 32.8 Å². The van der Waals surface area contributed by atoms with E-state index in [1.165, 1.54) is 148 Å². The number of unbranched alkanes of at least 4 members (excludes halogenated alkanes) is 25. The molecule has 0 aliphatic carbocycles.